The van der Waals surface area contributed by atoms with Gasteiger partial charge in [0.1, 0.15) is 0 Å². The average molecular weight is 428 g/mol. The SMILES string of the molecule is CCS(=O)(=O)CCNC(=O)/C=C/c1ccc(-c2ccc(Br)cc2)s1. The van der Waals surface area contributed by atoms with Crippen molar-refractivity contribution in [1.82, 2.24) is 5.32 Å². The molecule has 7 heteroatoms. The van der Waals surface area contributed by atoms with Crippen LogP contribution in [0.1, 0.15) is 11.8 Å². The van der Waals surface area contributed by atoms with Gasteiger partial charge in [-0.1, -0.05) is 35.0 Å². The van der Waals surface area contributed by atoms with Crippen LogP contribution in [0.5, 0.6) is 0 Å². The number of carbonyl (C=O) groups is 1. The zero-order valence-corrected chi connectivity index (χ0v) is 16.4. The van der Waals surface area contributed by atoms with E-state index in [9.17, 15) is 13.2 Å². The lowest BCUT2D eigenvalue weighted by atomic mass is 10.2. The quantitative estimate of drug-likeness (QED) is 0.684. The fraction of sp³-hybridized carbons (Fsp3) is 0.235. The molecule has 0 bridgehead atoms. The minimum absolute atomic E-state index is 0.0319. The molecule has 0 atom stereocenters. The van der Waals surface area contributed by atoms with Crippen molar-refractivity contribution in [2.75, 3.05) is 18.1 Å². The fourth-order valence-corrected chi connectivity index (χ4v) is 3.78. The molecule has 1 aromatic carbocycles. The lowest BCUT2D eigenvalue weighted by molar-refractivity contribution is -0.116. The van der Waals surface area contributed by atoms with E-state index in [1.54, 1.807) is 24.3 Å². The highest BCUT2D eigenvalue weighted by atomic mass is 79.9. The van der Waals surface area contributed by atoms with Gasteiger partial charge in [-0.3, -0.25) is 4.79 Å². The Morgan fingerprint density at radius 2 is 1.92 bits per heavy atom. The number of nitrogens with one attached hydrogen (secondary N) is 1. The minimum Gasteiger partial charge on any atom is -0.352 e. The van der Waals surface area contributed by atoms with Gasteiger partial charge in [-0.2, -0.15) is 0 Å². The second-order valence-corrected chi connectivity index (χ2v) is 9.57. The Labute approximate surface area is 154 Å². The van der Waals surface area contributed by atoms with Crippen LogP contribution in [0.4, 0.5) is 0 Å². The number of benzene rings is 1. The monoisotopic (exact) mass is 427 g/mol. The number of amides is 1. The summed E-state index contributed by atoms with van der Waals surface area (Å²) in [6.07, 6.45) is 3.16. The van der Waals surface area contributed by atoms with Crippen molar-refractivity contribution in [3.63, 3.8) is 0 Å². The van der Waals surface area contributed by atoms with Crippen molar-refractivity contribution in [2.45, 2.75) is 6.92 Å². The van der Waals surface area contributed by atoms with Crippen molar-refractivity contribution in [3.8, 4) is 10.4 Å². The maximum Gasteiger partial charge on any atom is 0.244 e. The Kier molecular flexibility index (Phi) is 6.77. The van der Waals surface area contributed by atoms with Crippen LogP contribution in [0.3, 0.4) is 0 Å². The van der Waals surface area contributed by atoms with Gasteiger partial charge in [0.2, 0.25) is 5.91 Å². The molecular weight excluding hydrogens is 410 g/mol. The molecule has 0 aliphatic heterocycles. The lowest BCUT2D eigenvalue weighted by Gasteiger charge is -2.01. The number of hydrogen-bond acceptors (Lipinski definition) is 4. The molecule has 0 spiro atoms. The Hall–Kier alpha value is -1.44. The van der Waals surface area contributed by atoms with E-state index in [1.807, 2.05) is 36.4 Å². The van der Waals surface area contributed by atoms with E-state index >= 15 is 0 Å². The van der Waals surface area contributed by atoms with Crippen LogP contribution < -0.4 is 5.32 Å². The predicted molar refractivity (Wildman–Crippen MR) is 104 cm³/mol. The topological polar surface area (TPSA) is 63.2 Å². The molecule has 128 valence electrons. The highest BCUT2D eigenvalue weighted by molar-refractivity contribution is 9.10. The van der Waals surface area contributed by atoms with Crippen LogP contribution in [-0.2, 0) is 14.6 Å². The molecule has 2 aromatic rings. The first-order valence-corrected chi connectivity index (χ1v) is 10.8. The Morgan fingerprint density at radius 1 is 1.21 bits per heavy atom. The molecule has 4 nitrogen and oxygen atoms in total. The van der Waals surface area contributed by atoms with E-state index in [2.05, 4.69) is 21.2 Å². The summed E-state index contributed by atoms with van der Waals surface area (Å²) in [5.74, 6) is -0.234. The van der Waals surface area contributed by atoms with Gasteiger partial charge in [0, 0.05) is 32.6 Å². The van der Waals surface area contributed by atoms with Crippen LogP contribution in [0.15, 0.2) is 46.9 Å². The van der Waals surface area contributed by atoms with E-state index in [0.717, 1.165) is 19.8 Å². The minimum atomic E-state index is -3.05. The molecule has 1 aromatic heterocycles. The molecule has 0 aliphatic rings. The standard InChI is InChI=1S/C17H18BrNO3S2/c1-2-24(21,22)12-11-19-17(20)10-8-15-7-9-16(23-15)13-3-5-14(18)6-4-13/h3-10H,2,11-12H2,1H3,(H,19,20)/b10-8+. The number of hydrogen-bond donors (Lipinski definition) is 1. The first-order valence-electron chi connectivity index (χ1n) is 7.42. The highest BCUT2D eigenvalue weighted by Crippen LogP contribution is 2.29. The zero-order chi connectivity index (χ0) is 17.6. The van der Waals surface area contributed by atoms with E-state index < -0.39 is 9.84 Å². The number of rotatable bonds is 7. The van der Waals surface area contributed by atoms with Gasteiger partial charge in [0.25, 0.3) is 0 Å². The van der Waals surface area contributed by atoms with Gasteiger partial charge in [-0.25, -0.2) is 8.42 Å². The van der Waals surface area contributed by atoms with Gasteiger partial charge in [-0.15, -0.1) is 11.3 Å². The molecule has 1 heterocycles. The summed E-state index contributed by atoms with van der Waals surface area (Å²) in [5, 5.41) is 2.58. The van der Waals surface area contributed by atoms with Gasteiger partial charge < -0.3 is 5.32 Å². The molecule has 24 heavy (non-hydrogen) atoms. The summed E-state index contributed by atoms with van der Waals surface area (Å²) < 4.78 is 23.7. The predicted octanol–water partition coefficient (Wildman–Crippen LogP) is 3.74. The number of thiophene rings is 1. The van der Waals surface area contributed by atoms with E-state index in [0.29, 0.717) is 0 Å². The molecule has 0 radical (unpaired) electrons. The molecule has 0 unspecified atom stereocenters. The van der Waals surface area contributed by atoms with Crippen molar-refractivity contribution < 1.29 is 13.2 Å². The van der Waals surface area contributed by atoms with Gasteiger partial charge in [0.05, 0.1) is 5.75 Å². The lowest BCUT2D eigenvalue weighted by Crippen LogP contribution is -2.28. The van der Waals surface area contributed by atoms with Gasteiger partial charge >= 0.3 is 0 Å². The Morgan fingerprint density at radius 3 is 2.58 bits per heavy atom. The largest absolute Gasteiger partial charge is 0.352 e. The summed E-state index contributed by atoms with van der Waals surface area (Å²) in [4.78, 5) is 13.8. The Balaban J connectivity index is 1.90. The van der Waals surface area contributed by atoms with Crippen LogP contribution >= 0.6 is 27.3 Å². The van der Waals surface area contributed by atoms with Crippen molar-refractivity contribution in [2.24, 2.45) is 0 Å². The average Bonchev–Trinajstić information content (AvgIpc) is 3.02. The van der Waals surface area contributed by atoms with E-state index in [-0.39, 0.29) is 24.0 Å². The second-order valence-electron chi connectivity index (χ2n) is 5.07. The molecule has 0 fully saturated rings. The molecular formula is C17H18BrNO3S2. The fourth-order valence-electron chi connectivity index (χ4n) is 1.90. The number of halogens is 1. The second kappa shape index (κ2) is 8.60. The first-order chi connectivity index (χ1) is 11.4. The van der Waals surface area contributed by atoms with Crippen LogP contribution in [0.25, 0.3) is 16.5 Å². The van der Waals surface area contributed by atoms with Gasteiger partial charge in [0.15, 0.2) is 9.84 Å². The van der Waals surface area contributed by atoms with Crippen LogP contribution in [0.2, 0.25) is 0 Å². The molecule has 1 amide bonds. The number of carbonyl (C=O) groups excluding carboxylic acids is 1. The highest BCUT2D eigenvalue weighted by Gasteiger charge is 2.07. The van der Waals surface area contributed by atoms with Crippen molar-refractivity contribution in [1.29, 1.82) is 0 Å². The third-order valence-corrected chi connectivity index (χ3v) is 6.64. The normalized spacial score (nSPS) is 11.8. The van der Waals surface area contributed by atoms with Crippen molar-refractivity contribution >= 4 is 49.1 Å². The van der Waals surface area contributed by atoms with E-state index in [1.165, 1.54) is 6.08 Å². The van der Waals surface area contributed by atoms with Crippen LogP contribution in [-0.4, -0.2) is 32.4 Å². The third-order valence-electron chi connectivity index (χ3n) is 3.31. The summed E-state index contributed by atoms with van der Waals surface area (Å²) in [6.45, 7) is 1.73. The summed E-state index contributed by atoms with van der Waals surface area (Å²) in [6, 6.07) is 12.0. The maximum absolute atomic E-state index is 11.7. The smallest absolute Gasteiger partial charge is 0.244 e. The Bertz CT molecular complexity index is 824. The number of sulfone groups is 1. The third kappa shape index (κ3) is 5.89. The zero-order valence-electron chi connectivity index (χ0n) is 13.2. The molecule has 1 N–H and O–H groups in total. The first kappa shape index (κ1) is 18.9. The summed E-state index contributed by atoms with van der Waals surface area (Å²) in [5.41, 5.74) is 1.12. The molecule has 2 rings (SSSR count). The molecule has 0 saturated carbocycles. The van der Waals surface area contributed by atoms with Gasteiger partial charge in [-0.05, 0) is 35.9 Å². The maximum atomic E-state index is 11.7. The van der Waals surface area contributed by atoms with Crippen molar-refractivity contribution in [3.05, 3.63) is 51.8 Å². The summed E-state index contributed by atoms with van der Waals surface area (Å²) >= 11 is 5.00. The molecule has 0 aliphatic carbocycles. The summed E-state index contributed by atoms with van der Waals surface area (Å²) in [7, 11) is -3.05. The van der Waals surface area contributed by atoms with Crippen LogP contribution in [0, 0.1) is 0 Å². The molecule has 0 saturated heterocycles. The van der Waals surface area contributed by atoms with E-state index in [4.69, 9.17) is 0 Å².